The van der Waals surface area contributed by atoms with Gasteiger partial charge in [0.2, 0.25) is 0 Å². The zero-order valence-electron chi connectivity index (χ0n) is 15.2. The molecule has 5 rings (SSSR count). The normalized spacial score (nSPS) is 23.2. The van der Waals surface area contributed by atoms with E-state index >= 15 is 0 Å². The number of fused-ring (bicyclic) bond motifs is 3. The van der Waals surface area contributed by atoms with Gasteiger partial charge in [-0.25, -0.2) is 0 Å². The number of rotatable bonds is 2. The predicted molar refractivity (Wildman–Crippen MR) is 103 cm³/mol. The molecule has 0 amide bonds. The Morgan fingerprint density at radius 2 is 1.08 bits per heavy atom. The average molecular weight is 328 g/mol. The summed E-state index contributed by atoms with van der Waals surface area (Å²) in [5.41, 5.74) is 6.13. The third-order valence-electron chi connectivity index (χ3n) is 7.33. The van der Waals surface area contributed by atoms with E-state index in [1.807, 2.05) is 0 Å². The highest BCUT2D eigenvalue weighted by atomic mass is 14.6. The van der Waals surface area contributed by atoms with E-state index in [2.05, 4.69) is 48.5 Å². The second kappa shape index (κ2) is 6.31. The predicted octanol–water partition coefficient (Wildman–Crippen LogP) is 6.71. The van der Waals surface area contributed by atoms with Crippen molar-refractivity contribution in [2.45, 2.75) is 69.6 Å². The van der Waals surface area contributed by atoms with Crippen LogP contribution in [-0.4, -0.2) is 0 Å². The molecule has 3 aliphatic rings. The summed E-state index contributed by atoms with van der Waals surface area (Å²) in [6.07, 6.45) is 14.0. The fourth-order valence-corrected chi connectivity index (χ4v) is 6.40. The van der Waals surface area contributed by atoms with Gasteiger partial charge in [0.1, 0.15) is 0 Å². The van der Waals surface area contributed by atoms with Gasteiger partial charge in [0.25, 0.3) is 0 Å². The largest absolute Gasteiger partial charge is 0.0610 e. The fraction of sp³-hybridized carbons (Fsp3) is 0.520. The molecule has 2 saturated carbocycles. The standard InChI is InChI=1S/C25H28/c1-3-11-19(12-4-1)25(20-13-5-2-6-14-20)23-17-9-7-15-21(23)22-16-8-10-18-24(22)25/h7-10,15-16,19-20H,1-6,11-14H2. The molecule has 2 aromatic carbocycles. The van der Waals surface area contributed by atoms with Gasteiger partial charge < -0.3 is 0 Å². The lowest BCUT2D eigenvalue weighted by atomic mass is 9.55. The Kier molecular flexibility index (Phi) is 3.95. The zero-order chi connectivity index (χ0) is 16.7. The van der Waals surface area contributed by atoms with Crippen LogP contribution in [0.5, 0.6) is 0 Å². The average Bonchev–Trinajstić information content (AvgIpc) is 3.01. The lowest BCUT2D eigenvalue weighted by Gasteiger charge is -2.48. The summed E-state index contributed by atoms with van der Waals surface area (Å²) in [6.45, 7) is 0. The molecule has 0 atom stereocenters. The summed E-state index contributed by atoms with van der Waals surface area (Å²) < 4.78 is 0. The van der Waals surface area contributed by atoms with Gasteiger partial charge in [-0.2, -0.15) is 0 Å². The van der Waals surface area contributed by atoms with E-state index in [0.717, 1.165) is 11.8 Å². The Morgan fingerprint density at radius 3 is 1.52 bits per heavy atom. The number of hydrogen-bond donors (Lipinski definition) is 0. The molecule has 25 heavy (non-hydrogen) atoms. The second-order valence-corrected chi connectivity index (χ2v) is 8.46. The van der Waals surface area contributed by atoms with Crippen LogP contribution in [0.15, 0.2) is 36.4 Å². The Hall–Kier alpha value is -1.56. The highest BCUT2D eigenvalue weighted by Gasteiger charge is 2.53. The summed E-state index contributed by atoms with van der Waals surface area (Å²) in [7, 11) is 0. The van der Waals surface area contributed by atoms with Crippen molar-refractivity contribution in [1.29, 1.82) is 0 Å². The van der Waals surface area contributed by atoms with Gasteiger partial charge in [-0.1, -0.05) is 74.9 Å². The van der Waals surface area contributed by atoms with E-state index in [9.17, 15) is 0 Å². The van der Waals surface area contributed by atoms with Gasteiger partial charge in [-0.05, 0) is 71.9 Å². The molecule has 128 valence electrons. The molecule has 0 saturated heterocycles. The number of benzene rings is 2. The minimum atomic E-state index is 0.189. The molecule has 3 aliphatic carbocycles. The van der Waals surface area contributed by atoms with E-state index in [4.69, 9.17) is 0 Å². The van der Waals surface area contributed by atoms with Crippen LogP contribution in [0, 0.1) is 24.0 Å². The monoisotopic (exact) mass is 328 g/mol. The fourth-order valence-electron chi connectivity index (χ4n) is 6.40. The van der Waals surface area contributed by atoms with Crippen molar-refractivity contribution in [3.63, 3.8) is 0 Å². The molecule has 0 heterocycles. The van der Waals surface area contributed by atoms with Crippen molar-refractivity contribution in [1.82, 2.24) is 0 Å². The van der Waals surface area contributed by atoms with Crippen molar-refractivity contribution in [2.75, 3.05) is 0 Å². The Balaban J connectivity index is 1.76. The molecular weight excluding hydrogens is 300 g/mol. The van der Waals surface area contributed by atoms with Crippen LogP contribution in [-0.2, 0) is 5.41 Å². The van der Waals surface area contributed by atoms with Crippen LogP contribution >= 0.6 is 0 Å². The Labute approximate surface area is 152 Å². The molecule has 0 N–H and O–H groups in total. The Morgan fingerprint density at radius 1 is 0.640 bits per heavy atom. The highest BCUT2D eigenvalue weighted by molar-refractivity contribution is 5.81. The van der Waals surface area contributed by atoms with Crippen molar-refractivity contribution >= 4 is 0 Å². The quantitative estimate of drug-likeness (QED) is 0.574. The second-order valence-electron chi connectivity index (χ2n) is 8.46. The summed E-state index contributed by atoms with van der Waals surface area (Å²) in [5, 5.41) is 0. The topological polar surface area (TPSA) is 0 Å². The van der Waals surface area contributed by atoms with E-state index in [0.29, 0.717) is 0 Å². The van der Waals surface area contributed by atoms with Crippen molar-refractivity contribution in [3.8, 4) is 11.1 Å². The van der Waals surface area contributed by atoms with Crippen LogP contribution in [0.4, 0.5) is 0 Å². The maximum absolute atomic E-state index is 3.76. The molecule has 2 aromatic rings. The third-order valence-corrected chi connectivity index (χ3v) is 7.33. The van der Waals surface area contributed by atoms with Crippen LogP contribution < -0.4 is 0 Å². The SMILES string of the molecule is [c]1cccc2c1C(C1CCCCC1)(C1CCCCC1)c1[c]cccc1-2. The minimum absolute atomic E-state index is 0.189. The maximum atomic E-state index is 3.76. The lowest BCUT2D eigenvalue weighted by molar-refractivity contribution is 0.137. The molecule has 2 fully saturated rings. The first-order chi connectivity index (χ1) is 12.4. The third kappa shape index (κ3) is 2.26. The lowest BCUT2D eigenvalue weighted by Crippen LogP contribution is -2.44. The summed E-state index contributed by atoms with van der Waals surface area (Å²) in [5.74, 6) is 1.56. The van der Waals surface area contributed by atoms with E-state index in [1.54, 1.807) is 0 Å². The molecular formula is C25H28. The molecule has 2 radical (unpaired) electrons. The Bertz CT molecular complexity index is 679. The molecule has 0 aliphatic heterocycles. The van der Waals surface area contributed by atoms with E-state index < -0.39 is 0 Å². The molecule has 0 bridgehead atoms. The zero-order valence-corrected chi connectivity index (χ0v) is 15.2. The molecule has 0 nitrogen and oxygen atoms in total. The van der Waals surface area contributed by atoms with E-state index in [1.165, 1.54) is 86.5 Å². The van der Waals surface area contributed by atoms with Crippen LogP contribution in [0.25, 0.3) is 11.1 Å². The molecule has 0 aromatic heterocycles. The summed E-state index contributed by atoms with van der Waals surface area (Å²) in [6, 6.07) is 20.9. The number of hydrogen-bond acceptors (Lipinski definition) is 0. The first-order valence-corrected chi connectivity index (χ1v) is 10.4. The van der Waals surface area contributed by atoms with E-state index in [-0.39, 0.29) is 5.41 Å². The first kappa shape index (κ1) is 15.7. The van der Waals surface area contributed by atoms with Gasteiger partial charge in [0.05, 0.1) is 0 Å². The molecule has 0 spiro atoms. The van der Waals surface area contributed by atoms with Crippen molar-refractivity contribution in [2.24, 2.45) is 11.8 Å². The summed E-state index contributed by atoms with van der Waals surface area (Å²) >= 11 is 0. The maximum Gasteiger partial charge on any atom is 0.0283 e. The van der Waals surface area contributed by atoms with Gasteiger partial charge >= 0.3 is 0 Å². The van der Waals surface area contributed by atoms with Crippen molar-refractivity contribution < 1.29 is 0 Å². The van der Waals surface area contributed by atoms with Crippen LogP contribution in [0.2, 0.25) is 0 Å². The molecule has 0 heteroatoms. The highest BCUT2D eigenvalue weighted by Crippen LogP contribution is 2.61. The van der Waals surface area contributed by atoms with Crippen molar-refractivity contribution in [3.05, 3.63) is 59.7 Å². The van der Waals surface area contributed by atoms with Gasteiger partial charge in [0.15, 0.2) is 0 Å². The van der Waals surface area contributed by atoms with Crippen LogP contribution in [0.3, 0.4) is 0 Å². The van der Waals surface area contributed by atoms with Gasteiger partial charge in [-0.3, -0.25) is 0 Å². The first-order valence-electron chi connectivity index (χ1n) is 10.4. The molecule has 0 unspecified atom stereocenters. The van der Waals surface area contributed by atoms with Crippen LogP contribution in [0.1, 0.15) is 75.3 Å². The summed E-state index contributed by atoms with van der Waals surface area (Å²) in [4.78, 5) is 0. The minimum Gasteiger partial charge on any atom is -0.0610 e. The van der Waals surface area contributed by atoms with Gasteiger partial charge in [0, 0.05) is 5.41 Å². The smallest absolute Gasteiger partial charge is 0.0283 e. The van der Waals surface area contributed by atoms with Gasteiger partial charge in [-0.15, -0.1) is 0 Å².